The van der Waals surface area contributed by atoms with Gasteiger partial charge in [-0.3, -0.25) is 4.79 Å². The number of carbonyl (C=O) groups is 1. The molecular formula is C14H19N3O. The van der Waals surface area contributed by atoms with Gasteiger partial charge >= 0.3 is 0 Å². The number of rotatable bonds is 5. The highest BCUT2D eigenvalue weighted by Gasteiger charge is 2.18. The van der Waals surface area contributed by atoms with E-state index in [1.165, 1.54) is 0 Å². The molecule has 1 amide bonds. The van der Waals surface area contributed by atoms with Crippen LogP contribution in [0.15, 0.2) is 24.3 Å². The van der Waals surface area contributed by atoms with Gasteiger partial charge in [-0.1, -0.05) is 6.92 Å². The summed E-state index contributed by atoms with van der Waals surface area (Å²) >= 11 is 0. The standard InChI is InChI=1S/C14H19N3O/c1-4-14(2,3)17-13(18)11-5-7-12(8-6-11)16-10-9-15/h5-8,16H,4,10H2,1-3H3,(H,17,18). The molecule has 1 rings (SSSR count). The number of nitrogens with zero attached hydrogens (tertiary/aromatic N) is 1. The molecule has 4 heteroatoms. The third-order valence-corrected chi connectivity index (χ3v) is 2.85. The molecular weight excluding hydrogens is 226 g/mol. The Balaban J connectivity index is 2.68. The minimum atomic E-state index is -0.200. The molecule has 0 heterocycles. The zero-order valence-corrected chi connectivity index (χ0v) is 11.1. The summed E-state index contributed by atoms with van der Waals surface area (Å²) < 4.78 is 0. The van der Waals surface area contributed by atoms with Crippen LogP contribution in [0.3, 0.4) is 0 Å². The molecule has 0 radical (unpaired) electrons. The van der Waals surface area contributed by atoms with Crippen molar-refractivity contribution in [3.63, 3.8) is 0 Å². The summed E-state index contributed by atoms with van der Waals surface area (Å²) in [5, 5.41) is 14.3. The fourth-order valence-corrected chi connectivity index (χ4v) is 1.35. The monoisotopic (exact) mass is 245 g/mol. The molecule has 0 aliphatic rings. The van der Waals surface area contributed by atoms with Crippen LogP contribution in [-0.4, -0.2) is 18.0 Å². The number of amides is 1. The quantitative estimate of drug-likeness (QED) is 0.783. The smallest absolute Gasteiger partial charge is 0.251 e. The second kappa shape index (κ2) is 6.06. The first-order valence-electron chi connectivity index (χ1n) is 6.02. The highest BCUT2D eigenvalue weighted by Crippen LogP contribution is 2.12. The second-order valence-electron chi connectivity index (χ2n) is 4.78. The van der Waals surface area contributed by atoms with Gasteiger partial charge in [0.15, 0.2) is 0 Å². The molecule has 0 saturated heterocycles. The van der Waals surface area contributed by atoms with E-state index < -0.39 is 0 Å². The Morgan fingerprint density at radius 2 is 1.94 bits per heavy atom. The maximum absolute atomic E-state index is 12.0. The fraction of sp³-hybridized carbons (Fsp3) is 0.429. The molecule has 1 aromatic carbocycles. The Kier molecular flexibility index (Phi) is 4.73. The van der Waals surface area contributed by atoms with Gasteiger partial charge in [-0.25, -0.2) is 0 Å². The second-order valence-corrected chi connectivity index (χ2v) is 4.78. The number of anilines is 1. The molecule has 0 fully saturated rings. The lowest BCUT2D eigenvalue weighted by atomic mass is 10.0. The third-order valence-electron chi connectivity index (χ3n) is 2.85. The van der Waals surface area contributed by atoms with Gasteiger partial charge in [0, 0.05) is 16.8 Å². The maximum Gasteiger partial charge on any atom is 0.251 e. The van der Waals surface area contributed by atoms with Gasteiger partial charge in [0.25, 0.3) is 5.91 Å². The largest absolute Gasteiger partial charge is 0.372 e. The molecule has 2 N–H and O–H groups in total. The molecule has 0 atom stereocenters. The highest BCUT2D eigenvalue weighted by molar-refractivity contribution is 5.94. The molecule has 0 aromatic heterocycles. The number of nitriles is 1. The number of carbonyl (C=O) groups excluding carboxylic acids is 1. The Morgan fingerprint density at radius 3 is 2.44 bits per heavy atom. The normalized spacial score (nSPS) is 10.6. The van der Waals surface area contributed by atoms with Gasteiger partial charge in [0.05, 0.1) is 6.07 Å². The molecule has 0 spiro atoms. The van der Waals surface area contributed by atoms with Crippen LogP contribution in [-0.2, 0) is 0 Å². The first-order valence-corrected chi connectivity index (χ1v) is 6.02. The molecule has 0 aliphatic heterocycles. The number of hydrogen-bond donors (Lipinski definition) is 2. The zero-order chi connectivity index (χ0) is 13.6. The Bertz CT molecular complexity index is 443. The molecule has 0 unspecified atom stereocenters. The van der Waals surface area contributed by atoms with E-state index in [-0.39, 0.29) is 18.0 Å². The first kappa shape index (κ1) is 14.0. The van der Waals surface area contributed by atoms with Crippen molar-refractivity contribution < 1.29 is 4.79 Å². The van der Waals surface area contributed by atoms with E-state index in [1.54, 1.807) is 24.3 Å². The van der Waals surface area contributed by atoms with Gasteiger partial charge < -0.3 is 10.6 Å². The van der Waals surface area contributed by atoms with Crippen LogP contribution < -0.4 is 10.6 Å². The van der Waals surface area contributed by atoms with Crippen LogP contribution in [0.5, 0.6) is 0 Å². The van der Waals surface area contributed by atoms with Crippen LogP contribution in [0.2, 0.25) is 0 Å². The van der Waals surface area contributed by atoms with Crippen molar-refractivity contribution in [3.8, 4) is 6.07 Å². The van der Waals surface area contributed by atoms with E-state index in [4.69, 9.17) is 5.26 Å². The third kappa shape index (κ3) is 4.10. The van der Waals surface area contributed by atoms with Gasteiger partial charge in [-0.2, -0.15) is 5.26 Å². The molecule has 0 aliphatic carbocycles. The molecule has 1 aromatic rings. The topological polar surface area (TPSA) is 64.9 Å². The van der Waals surface area contributed by atoms with E-state index >= 15 is 0 Å². The van der Waals surface area contributed by atoms with Gasteiger partial charge in [-0.05, 0) is 44.5 Å². The summed E-state index contributed by atoms with van der Waals surface area (Å²) in [7, 11) is 0. The average Bonchev–Trinajstić information content (AvgIpc) is 2.36. The summed E-state index contributed by atoms with van der Waals surface area (Å²) in [5.41, 5.74) is 1.26. The predicted octanol–water partition coefficient (Wildman–Crippen LogP) is 2.54. The number of benzene rings is 1. The Labute approximate surface area is 108 Å². The Hall–Kier alpha value is -2.02. The predicted molar refractivity (Wildman–Crippen MR) is 72.4 cm³/mol. The summed E-state index contributed by atoms with van der Waals surface area (Å²) in [6.45, 7) is 6.28. The number of hydrogen-bond acceptors (Lipinski definition) is 3. The first-order chi connectivity index (χ1) is 8.48. The van der Waals surface area contributed by atoms with E-state index in [2.05, 4.69) is 10.6 Å². The summed E-state index contributed by atoms with van der Waals surface area (Å²) in [4.78, 5) is 12.0. The Morgan fingerprint density at radius 1 is 1.33 bits per heavy atom. The minimum Gasteiger partial charge on any atom is -0.372 e. The number of nitrogens with one attached hydrogen (secondary N) is 2. The van der Waals surface area contributed by atoms with Crippen molar-refractivity contribution in [2.45, 2.75) is 32.7 Å². The van der Waals surface area contributed by atoms with Crippen LogP contribution in [0.4, 0.5) is 5.69 Å². The van der Waals surface area contributed by atoms with E-state index in [9.17, 15) is 4.79 Å². The molecule has 0 saturated carbocycles. The van der Waals surface area contributed by atoms with Gasteiger partial charge in [0.2, 0.25) is 0 Å². The van der Waals surface area contributed by atoms with Crippen molar-refractivity contribution in [1.82, 2.24) is 5.32 Å². The molecule has 0 bridgehead atoms. The van der Waals surface area contributed by atoms with Crippen LogP contribution in [0.1, 0.15) is 37.6 Å². The van der Waals surface area contributed by atoms with Crippen molar-refractivity contribution in [1.29, 1.82) is 5.26 Å². The van der Waals surface area contributed by atoms with E-state index in [1.807, 2.05) is 26.8 Å². The summed E-state index contributed by atoms with van der Waals surface area (Å²) in [6.07, 6.45) is 0.876. The summed E-state index contributed by atoms with van der Waals surface area (Å²) in [6, 6.07) is 9.10. The van der Waals surface area contributed by atoms with Crippen LogP contribution in [0.25, 0.3) is 0 Å². The zero-order valence-electron chi connectivity index (χ0n) is 11.1. The molecule has 96 valence electrons. The average molecular weight is 245 g/mol. The van der Waals surface area contributed by atoms with E-state index in [0.717, 1.165) is 12.1 Å². The van der Waals surface area contributed by atoms with Crippen molar-refractivity contribution in [2.24, 2.45) is 0 Å². The van der Waals surface area contributed by atoms with Crippen LogP contribution >= 0.6 is 0 Å². The highest BCUT2D eigenvalue weighted by atomic mass is 16.1. The maximum atomic E-state index is 12.0. The SMILES string of the molecule is CCC(C)(C)NC(=O)c1ccc(NCC#N)cc1. The molecule has 4 nitrogen and oxygen atoms in total. The van der Waals surface area contributed by atoms with Crippen LogP contribution in [0, 0.1) is 11.3 Å². The van der Waals surface area contributed by atoms with Crippen molar-refractivity contribution in [2.75, 3.05) is 11.9 Å². The molecule has 18 heavy (non-hydrogen) atoms. The van der Waals surface area contributed by atoms with Crippen molar-refractivity contribution >= 4 is 11.6 Å². The lowest BCUT2D eigenvalue weighted by Gasteiger charge is -2.24. The van der Waals surface area contributed by atoms with E-state index in [0.29, 0.717) is 5.56 Å². The fourth-order valence-electron chi connectivity index (χ4n) is 1.35. The van der Waals surface area contributed by atoms with Crippen molar-refractivity contribution in [3.05, 3.63) is 29.8 Å². The lowest BCUT2D eigenvalue weighted by molar-refractivity contribution is 0.0911. The lowest BCUT2D eigenvalue weighted by Crippen LogP contribution is -2.42. The van der Waals surface area contributed by atoms with Gasteiger partial charge in [0.1, 0.15) is 6.54 Å². The minimum absolute atomic E-state index is 0.0753. The van der Waals surface area contributed by atoms with Gasteiger partial charge in [-0.15, -0.1) is 0 Å². The summed E-state index contributed by atoms with van der Waals surface area (Å²) in [5.74, 6) is -0.0753.